The van der Waals surface area contributed by atoms with E-state index in [-0.39, 0.29) is 5.91 Å². The summed E-state index contributed by atoms with van der Waals surface area (Å²) in [6.07, 6.45) is 6.33. The van der Waals surface area contributed by atoms with Crippen LogP contribution < -0.4 is 5.73 Å². The Kier molecular flexibility index (Phi) is 3.09. The number of nitrogens with two attached hydrogens (primary N) is 1. The molecule has 2 aliphatic carbocycles. The summed E-state index contributed by atoms with van der Waals surface area (Å²) in [4.78, 5) is 13.8. The predicted molar refractivity (Wildman–Crippen MR) is 76.0 cm³/mol. The van der Waals surface area contributed by atoms with Gasteiger partial charge in [-0.2, -0.15) is 0 Å². The van der Waals surface area contributed by atoms with Gasteiger partial charge in [-0.3, -0.25) is 4.79 Å². The summed E-state index contributed by atoms with van der Waals surface area (Å²) in [5.41, 5.74) is 9.75. The minimum absolute atomic E-state index is 0.105. The molecule has 0 saturated heterocycles. The molecule has 3 heteroatoms. The van der Waals surface area contributed by atoms with Crippen molar-refractivity contribution in [2.24, 2.45) is 5.73 Å². The van der Waals surface area contributed by atoms with Gasteiger partial charge in [0.05, 0.1) is 5.54 Å². The van der Waals surface area contributed by atoms with Crippen LogP contribution in [0.3, 0.4) is 0 Å². The number of amides is 1. The van der Waals surface area contributed by atoms with Crippen molar-refractivity contribution in [2.75, 3.05) is 13.6 Å². The fraction of sp³-hybridized carbons (Fsp3) is 0.562. The predicted octanol–water partition coefficient (Wildman–Crippen LogP) is 1.67. The van der Waals surface area contributed by atoms with Gasteiger partial charge in [-0.15, -0.1) is 0 Å². The third-order valence-electron chi connectivity index (χ3n) is 4.46. The van der Waals surface area contributed by atoms with Crippen molar-refractivity contribution in [1.82, 2.24) is 4.90 Å². The van der Waals surface area contributed by atoms with E-state index < -0.39 is 5.54 Å². The van der Waals surface area contributed by atoms with E-state index in [1.54, 1.807) is 4.90 Å². The smallest absolute Gasteiger partial charge is 0.242 e. The highest BCUT2D eigenvalue weighted by Crippen LogP contribution is 2.33. The molecule has 3 nitrogen and oxygen atoms in total. The minimum atomic E-state index is -0.535. The van der Waals surface area contributed by atoms with Gasteiger partial charge in [0.2, 0.25) is 5.91 Å². The molecular weight excluding hydrogens is 236 g/mol. The molecule has 0 aliphatic heterocycles. The average molecular weight is 258 g/mol. The maximum atomic E-state index is 12.0. The molecule has 0 atom stereocenters. The first kappa shape index (κ1) is 12.7. The Balaban J connectivity index is 1.58. The average Bonchev–Trinajstić information content (AvgIpc) is 3.00. The van der Waals surface area contributed by atoms with Crippen molar-refractivity contribution in [3.05, 3.63) is 34.9 Å². The number of aryl methyl sites for hydroxylation is 2. The molecular formula is C16H22N2O. The number of carbonyl (C=O) groups is 1. The van der Waals surface area contributed by atoms with Crippen molar-refractivity contribution in [3.8, 4) is 0 Å². The Morgan fingerprint density at radius 2 is 2.05 bits per heavy atom. The van der Waals surface area contributed by atoms with Crippen LogP contribution >= 0.6 is 0 Å². The van der Waals surface area contributed by atoms with E-state index in [1.165, 1.54) is 36.0 Å². The number of fused-ring (bicyclic) bond motifs is 1. The zero-order valence-corrected chi connectivity index (χ0v) is 11.6. The van der Waals surface area contributed by atoms with Crippen LogP contribution in [0, 0.1) is 0 Å². The SMILES string of the molecule is CN(CCc1ccc2c(c1)CCC2)C(=O)C1(N)CC1. The molecule has 102 valence electrons. The molecule has 2 N–H and O–H groups in total. The van der Waals surface area contributed by atoms with Gasteiger partial charge in [0, 0.05) is 13.6 Å². The first-order chi connectivity index (χ1) is 9.08. The van der Waals surface area contributed by atoms with E-state index in [4.69, 9.17) is 5.73 Å². The Morgan fingerprint density at radius 3 is 2.79 bits per heavy atom. The lowest BCUT2D eigenvalue weighted by Gasteiger charge is -2.21. The summed E-state index contributed by atoms with van der Waals surface area (Å²) in [5, 5.41) is 0. The number of hydrogen-bond acceptors (Lipinski definition) is 2. The number of carbonyl (C=O) groups excluding carboxylic acids is 1. The lowest BCUT2D eigenvalue weighted by molar-refractivity contribution is -0.132. The minimum Gasteiger partial charge on any atom is -0.344 e. The number of benzene rings is 1. The quantitative estimate of drug-likeness (QED) is 0.893. The number of rotatable bonds is 4. The largest absolute Gasteiger partial charge is 0.344 e. The van der Waals surface area contributed by atoms with Gasteiger partial charge in [-0.25, -0.2) is 0 Å². The van der Waals surface area contributed by atoms with Crippen LogP contribution in [0.25, 0.3) is 0 Å². The lowest BCUT2D eigenvalue weighted by Crippen LogP contribution is -2.44. The lowest BCUT2D eigenvalue weighted by atomic mass is 10.0. The maximum Gasteiger partial charge on any atom is 0.242 e. The van der Waals surface area contributed by atoms with Crippen molar-refractivity contribution in [3.63, 3.8) is 0 Å². The van der Waals surface area contributed by atoms with Gasteiger partial charge < -0.3 is 10.6 Å². The third kappa shape index (κ3) is 2.52. The first-order valence-electron chi connectivity index (χ1n) is 7.24. The fourth-order valence-corrected chi connectivity index (χ4v) is 2.91. The molecule has 0 unspecified atom stereocenters. The van der Waals surface area contributed by atoms with Crippen LogP contribution in [-0.2, 0) is 24.1 Å². The second kappa shape index (κ2) is 4.64. The van der Waals surface area contributed by atoms with Gasteiger partial charge in [0.25, 0.3) is 0 Å². The van der Waals surface area contributed by atoms with Crippen LogP contribution in [0.5, 0.6) is 0 Å². The van der Waals surface area contributed by atoms with E-state index in [0.29, 0.717) is 0 Å². The monoisotopic (exact) mass is 258 g/mol. The van der Waals surface area contributed by atoms with Crippen LogP contribution in [-0.4, -0.2) is 29.9 Å². The maximum absolute atomic E-state index is 12.0. The fourth-order valence-electron chi connectivity index (χ4n) is 2.91. The highest BCUT2D eigenvalue weighted by atomic mass is 16.2. The van der Waals surface area contributed by atoms with Crippen LogP contribution in [0.4, 0.5) is 0 Å². The molecule has 0 bridgehead atoms. The van der Waals surface area contributed by atoms with Crippen LogP contribution in [0.2, 0.25) is 0 Å². The Hall–Kier alpha value is -1.35. The summed E-state index contributed by atoms with van der Waals surface area (Å²) >= 11 is 0. The highest BCUT2D eigenvalue weighted by molar-refractivity contribution is 5.88. The number of hydrogen-bond donors (Lipinski definition) is 1. The van der Waals surface area contributed by atoms with Gasteiger partial charge in [0.1, 0.15) is 0 Å². The van der Waals surface area contributed by atoms with Crippen molar-refractivity contribution < 1.29 is 4.79 Å². The molecule has 3 rings (SSSR count). The molecule has 0 radical (unpaired) electrons. The van der Waals surface area contributed by atoms with E-state index in [1.807, 2.05) is 7.05 Å². The molecule has 1 amide bonds. The topological polar surface area (TPSA) is 46.3 Å². The zero-order valence-electron chi connectivity index (χ0n) is 11.6. The Morgan fingerprint density at radius 1 is 1.32 bits per heavy atom. The van der Waals surface area contributed by atoms with E-state index >= 15 is 0 Å². The normalized spacial score (nSPS) is 19.1. The Bertz CT molecular complexity index is 505. The molecule has 1 aromatic rings. The third-order valence-corrected chi connectivity index (χ3v) is 4.46. The summed E-state index contributed by atoms with van der Waals surface area (Å²) in [7, 11) is 1.86. The van der Waals surface area contributed by atoms with E-state index in [9.17, 15) is 4.79 Å². The van der Waals surface area contributed by atoms with Crippen LogP contribution in [0.15, 0.2) is 18.2 Å². The number of likely N-dealkylation sites (N-methyl/N-ethyl adjacent to an activating group) is 1. The molecule has 1 saturated carbocycles. The molecule has 0 heterocycles. The van der Waals surface area contributed by atoms with E-state index in [2.05, 4.69) is 18.2 Å². The molecule has 1 fully saturated rings. The van der Waals surface area contributed by atoms with Gasteiger partial charge in [-0.1, -0.05) is 18.2 Å². The summed E-state index contributed by atoms with van der Waals surface area (Å²) < 4.78 is 0. The van der Waals surface area contributed by atoms with Gasteiger partial charge in [0.15, 0.2) is 0 Å². The Labute approximate surface area is 114 Å². The van der Waals surface area contributed by atoms with Gasteiger partial charge in [-0.05, 0) is 55.2 Å². The second-order valence-electron chi connectivity index (χ2n) is 6.09. The molecule has 1 aromatic carbocycles. The first-order valence-corrected chi connectivity index (χ1v) is 7.24. The standard InChI is InChI=1S/C16H22N2O/c1-18(15(19)16(17)8-9-16)10-7-12-5-6-13-3-2-4-14(13)11-12/h5-6,11H,2-4,7-10,17H2,1H3. The zero-order chi connectivity index (χ0) is 13.5. The summed E-state index contributed by atoms with van der Waals surface area (Å²) in [5.74, 6) is 0.105. The molecule has 0 spiro atoms. The number of nitrogens with zero attached hydrogens (tertiary/aromatic N) is 1. The van der Waals surface area contributed by atoms with Crippen molar-refractivity contribution in [2.45, 2.75) is 44.1 Å². The molecule has 19 heavy (non-hydrogen) atoms. The van der Waals surface area contributed by atoms with Crippen LogP contribution in [0.1, 0.15) is 36.0 Å². The highest BCUT2D eigenvalue weighted by Gasteiger charge is 2.47. The molecule has 2 aliphatic rings. The summed E-state index contributed by atoms with van der Waals surface area (Å²) in [6, 6.07) is 6.78. The molecule has 0 aromatic heterocycles. The second-order valence-corrected chi connectivity index (χ2v) is 6.09. The van der Waals surface area contributed by atoms with Gasteiger partial charge >= 0.3 is 0 Å². The van der Waals surface area contributed by atoms with Crippen molar-refractivity contribution in [1.29, 1.82) is 0 Å². The summed E-state index contributed by atoms with van der Waals surface area (Å²) in [6.45, 7) is 0.760. The van der Waals surface area contributed by atoms with E-state index in [0.717, 1.165) is 25.8 Å². The van der Waals surface area contributed by atoms with Crippen molar-refractivity contribution >= 4 is 5.91 Å².